The highest BCUT2D eigenvalue weighted by molar-refractivity contribution is 5.94. The molecule has 34 heavy (non-hydrogen) atoms. The lowest BCUT2D eigenvalue weighted by Crippen LogP contribution is -2.40. The molecule has 0 spiro atoms. The molecule has 1 aromatic heterocycles. The smallest absolute Gasteiger partial charge is 0.322 e. The summed E-state index contributed by atoms with van der Waals surface area (Å²) in [7, 11) is 1.45. The molecule has 178 valence electrons. The number of hydrogen-bond donors (Lipinski definition) is 2. The van der Waals surface area contributed by atoms with Gasteiger partial charge >= 0.3 is 6.03 Å². The maximum atomic E-state index is 14.4. The van der Waals surface area contributed by atoms with E-state index in [2.05, 4.69) is 15.7 Å². The lowest BCUT2D eigenvalue weighted by atomic mass is 10.1. The van der Waals surface area contributed by atoms with Gasteiger partial charge in [0.15, 0.2) is 5.82 Å². The number of anilines is 1. The summed E-state index contributed by atoms with van der Waals surface area (Å²) >= 11 is 0. The molecule has 0 unspecified atom stereocenters. The Balaban J connectivity index is 1.56. The molecule has 1 atom stereocenters. The number of carbonyl (C=O) groups is 3. The fourth-order valence-corrected chi connectivity index (χ4v) is 3.92. The quantitative estimate of drug-likeness (QED) is 0.687. The summed E-state index contributed by atoms with van der Waals surface area (Å²) in [4.78, 5) is 44.0. The topological polar surface area (TPSA) is 133 Å². The standard InChI is InChI=1S/C21H21F2N7O4/c1-11(31)25-8-12-9-30-19(20(32)28(2)34-12)14-10-29(6-5-16(14)27-30)21(33)26-17-4-3-15(22)13(7-24)18(17)23/h3-4,12H,5-6,8-10H2,1-2H3,(H,25,31)(H,26,33)/t12-/m0/s1. The molecular weight excluding hydrogens is 452 g/mol. The van der Waals surface area contributed by atoms with Gasteiger partial charge < -0.3 is 15.5 Å². The highest BCUT2D eigenvalue weighted by atomic mass is 19.1. The van der Waals surface area contributed by atoms with Gasteiger partial charge in [0.25, 0.3) is 5.91 Å². The summed E-state index contributed by atoms with van der Waals surface area (Å²) in [6, 6.07) is 2.69. The van der Waals surface area contributed by atoms with Crippen molar-refractivity contribution in [3.05, 3.63) is 46.3 Å². The minimum absolute atomic E-state index is 0.0281. The Labute approximate surface area is 192 Å². The Kier molecular flexibility index (Phi) is 6.16. The fraction of sp³-hybridized carbons (Fsp3) is 0.381. The van der Waals surface area contributed by atoms with Crippen LogP contribution in [0.1, 0.15) is 34.2 Å². The van der Waals surface area contributed by atoms with Crippen LogP contribution in [0.15, 0.2) is 12.1 Å². The first-order valence-electron chi connectivity index (χ1n) is 10.4. The van der Waals surface area contributed by atoms with E-state index in [1.807, 2.05) is 0 Å². The lowest BCUT2D eigenvalue weighted by Gasteiger charge is -2.27. The second kappa shape index (κ2) is 9.06. The van der Waals surface area contributed by atoms with E-state index in [-0.39, 0.29) is 43.5 Å². The molecule has 2 aliphatic rings. The van der Waals surface area contributed by atoms with Crippen molar-refractivity contribution >= 4 is 23.5 Å². The highest BCUT2D eigenvalue weighted by Gasteiger charge is 2.35. The summed E-state index contributed by atoms with van der Waals surface area (Å²) in [5, 5.41) is 19.5. The molecule has 4 amide bonds. The number of carbonyl (C=O) groups excluding carboxylic acids is 3. The van der Waals surface area contributed by atoms with E-state index in [0.29, 0.717) is 17.7 Å². The van der Waals surface area contributed by atoms with Gasteiger partial charge in [0.1, 0.15) is 29.2 Å². The molecule has 1 aromatic carbocycles. The second-order valence-electron chi connectivity index (χ2n) is 7.92. The van der Waals surface area contributed by atoms with Gasteiger partial charge in [-0.3, -0.25) is 19.1 Å². The first-order chi connectivity index (χ1) is 16.2. The fourth-order valence-electron chi connectivity index (χ4n) is 3.92. The predicted molar refractivity (Wildman–Crippen MR) is 112 cm³/mol. The summed E-state index contributed by atoms with van der Waals surface area (Å²) in [5.74, 6) is -2.87. The third-order valence-corrected chi connectivity index (χ3v) is 5.58. The van der Waals surface area contributed by atoms with Gasteiger partial charge in [-0.05, 0) is 12.1 Å². The van der Waals surface area contributed by atoms with Crippen molar-refractivity contribution in [1.29, 1.82) is 5.26 Å². The Morgan fingerprint density at radius 1 is 1.35 bits per heavy atom. The van der Waals surface area contributed by atoms with Crippen LogP contribution in [0.5, 0.6) is 0 Å². The van der Waals surface area contributed by atoms with Gasteiger partial charge in [0, 0.05) is 39.0 Å². The molecule has 0 fully saturated rings. The normalized spacial score (nSPS) is 17.4. The first kappa shape index (κ1) is 23.1. The zero-order valence-electron chi connectivity index (χ0n) is 18.4. The first-order valence-corrected chi connectivity index (χ1v) is 10.4. The average molecular weight is 473 g/mol. The van der Waals surface area contributed by atoms with E-state index in [1.54, 1.807) is 0 Å². The van der Waals surface area contributed by atoms with Crippen LogP contribution in [0.2, 0.25) is 0 Å². The van der Waals surface area contributed by atoms with E-state index < -0.39 is 35.2 Å². The molecule has 3 heterocycles. The van der Waals surface area contributed by atoms with Gasteiger partial charge in [-0.1, -0.05) is 0 Å². The summed E-state index contributed by atoms with van der Waals surface area (Å²) in [6.07, 6.45) is -0.178. The molecule has 0 aliphatic carbocycles. The van der Waals surface area contributed by atoms with Gasteiger partial charge in [-0.15, -0.1) is 0 Å². The number of nitriles is 1. The van der Waals surface area contributed by atoms with Crippen molar-refractivity contribution in [2.24, 2.45) is 0 Å². The van der Waals surface area contributed by atoms with Crippen LogP contribution in [0.3, 0.4) is 0 Å². The average Bonchev–Trinajstić information content (AvgIpc) is 3.10. The molecule has 2 aromatic rings. The number of aromatic nitrogens is 2. The zero-order valence-corrected chi connectivity index (χ0v) is 18.4. The van der Waals surface area contributed by atoms with E-state index in [9.17, 15) is 23.2 Å². The van der Waals surface area contributed by atoms with Gasteiger partial charge in [0.05, 0.1) is 24.5 Å². The third-order valence-electron chi connectivity index (χ3n) is 5.58. The molecule has 11 nitrogen and oxygen atoms in total. The number of fused-ring (bicyclic) bond motifs is 3. The number of halogens is 2. The molecule has 4 rings (SSSR count). The molecule has 2 N–H and O–H groups in total. The van der Waals surface area contributed by atoms with Crippen LogP contribution in [0.25, 0.3) is 0 Å². The van der Waals surface area contributed by atoms with Crippen molar-refractivity contribution in [2.75, 3.05) is 25.5 Å². The minimum atomic E-state index is -1.16. The van der Waals surface area contributed by atoms with Crippen LogP contribution in [-0.4, -0.2) is 63.8 Å². The molecule has 0 saturated carbocycles. The van der Waals surface area contributed by atoms with Crippen LogP contribution in [0.4, 0.5) is 19.3 Å². The zero-order chi connectivity index (χ0) is 24.6. The number of nitrogens with one attached hydrogen (secondary N) is 2. The lowest BCUT2D eigenvalue weighted by molar-refractivity contribution is -0.148. The van der Waals surface area contributed by atoms with Crippen molar-refractivity contribution < 1.29 is 28.0 Å². The minimum Gasteiger partial charge on any atom is -0.354 e. The molecule has 0 saturated heterocycles. The van der Waals surface area contributed by atoms with E-state index in [0.717, 1.165) is 17.2 Å². The molecule has 0 radical (unpaired) electrons. The summed E-state index contributed by atoms with van der Waals surface area (Å²) in [6.45, 7) is 2.05. The molecule has 13 heteroatoms. The Morgan fingerprint density at radius 3 is 2.82 bits per heavy atom. The number of nitrogens with zero attached hydrogens (tertiary/aromatic N) is 5. The number of hydroxylamine groups is 2. The van der Waals surface area contributed by atoms with Gasteiger partial charge in [0.2, 0.25) is 5.91 Å². The number of amides is 4. The number of hydrogen-bond acceptors (Lipinski definition) is 6. The largest absolute Gasteiger partial charge is 0.354 e. The van der Waals surface area contributed by atoms with Crippen molar-refractivity contribution in [2.45, 2.75) is 32.5 Å². The van der Waals surface area contributed by atoms with Crippen LogP contribution in [0, 0.1) is 23.0 Å². The Bertz CT molecular complexity index is 1220. The maximum absolute atomic E-state index is 14.4. The number of benzene rings is 1. The van der Waals surface area contributed by atoms with E-state index in [1.165, 1.54) is 29.6 Å². The highest BCUT2D eigenvalue weighted by Crippen LogP contribution is 2.27. The van der Waals surface area contributed by atoms with Crippen LogP contribution < -0.4 is 10.6 Å². The Morgan fingerprint density at radius 2 is 2.12 bits per heavy atom. The number of rotatable bonds is 3. The van der Waals surface area contributed by atoms with E-state index >= 15 is 0 Å². The molecule has 2 aliphatic heterocycles. The van der Waals surface area contributed by atoms with Gasteiger partial charge in [-0.25, -0.2) is 18.6 Å². The molecule has 0 bridgehead atoms. The predicted octanol–water partition coefficient (Wildman–Crippen LogP) is 1.15. The monoisotopic (exact) mass is 473 g/mol. The second-order valence-corrected chi connectivity index (χ2v) is 7.92. The Hall–Kier alpha value is -4.05. The van der Waals surface area contributed by atoms with Crippen molar-refractivity contribution in [1.82, 2.24) is 25.1 Å². The van der Waals surface area contributed by atoms with Crippen LogP contribution >= 0.6 is 0 Å². The van der Waals surface area contributed by atoms with Crippen molar-refractivity contribution in [3.8, 4) is 6.07 Å². The maximum Gasteiger partial charge on any atom is 0.322 e. The third kappa shape index (κ3) is 4.27. The molecular formula is C21H21F2N7O4. The van der Waals surface area contributed by atoms with Gasteiger partial charge in [-0.2, -0.15) is 10.4 Å². The van der Waals surface area contributed by atoms with Crippen molar-refractivity contribution in [3.63, 3.8) is 0 Å². The SMILES string of the molecule is CC(=O)NC[C@H]1Cn2nc3c(c2C(=O)N(C)O1)CN(C(=O)Nc1ccc(F)c(C#N)c1F)CC3. The number of urea groups is 1. The van der Waals surface area contributed by atoms with E-state index in [4.69, 9.17) is 10.1 Å². The summed E-state index contributed by atoms with van der Waals surface area (Å²) < 4.78 is 29.5. The van der Waals surface area contributed by atoms with Crippen LogP contribution in [-0.2, 0) is 29.1 Å². The summed E-state index contributed by atoms with van der Waals surface area (Å²) in [5.41, 5.74) is 0.343.